The van der Waals surface area contributed by atoms with Crippen molar-refractivity contribution in [1.29, 1.82) is 0 Å². The van der Waals surface area contributed by atoms with E-state index in [1.807, 2.05) is 19.1 Å². The standard InChI is InChI=1S/C13H16Br3N3O/c1-3-4-8(2)18-19-12(20)7-17-13-10(15)5-9(14)6-11(13)16/h5-6,17H,3-4,7H2,1-2H3,(H,19,20)/b18-8+. The number of carbonyl (C=O) groups is 1. The van der Waals surface area contributed by atoms with E-state index in [4.69, 9.17) is 0 Å². The van der Waals surface area contributed by atoms with Crippen molar-refractivity contribution >= 4 is 65.1 Å². The Morgan fingerprint density at radius 3 is 2.40 bits per heavy atom. The van der Waals surface area contributed by atoms with Gasteiger partial charge >= 0.3 is 0 Å². The maximum atomic E-state index is 11.7. The van der Waals surface area contributed by atoms with Gasteiger partial charge in [0.25, 0.3) is 5.91 Å². The van der Waals surface area contributed by atoms with Gasteiger partial charge in [-0.3, -0.25) is 4.79 Å². The van der Waals surface area contributed by atoms with E-state index in [0.29, 0.717) is 0 Å². The summed E-state index contributed by atoms with van der Waals surface area (Å²) < 4.78 is 2.69. The topological polar surface area (TPSA) is 53.5 Å². The van der Waals surface area contributed by atoms with Crippen LogP contribution in [0.1, 0.15) is 26.7 Å². The van der Waals surface area contributed by atoms with Gasteiger partial charge in [0, 0.05) is 19.1 Å². The van der Waals surface area contributed by atoms with Crippen LogP contribution in [0.2, 0.25) is 0 Å². The molecule has 0 aliphatic heterocycles. The molecule has 1 amide bonds. The number of amides is 1. The van der Waals surface area contributed by atoms with Crippen molar-refractivity contribution in [3.63, 3.8) is 0 Å². The molecule has 110 valence electrons. The second-order valence-corrected chi connectivity index (χ2v) is 6.85. The summed E-state index contributed by atoms with van der Waals surface area (Å²) in [6.45, 7) is 4.13. The first kappa shape index (κ1) is 17.7. The van der Waals surface area contributed by atoms with Crippen LogP contribution in [0.25, 0.3) is 0 Å². The number of hydrogen-bond acceptors (Lipinski definition) is 3. The first-order valence-corrected chi connectivity index (χ1v) is 8.52. The maximum absolute atomic E-state index is 11.7. The summed E-state index contributed by atoms with van der Waals surface area (Å²) in [5.41, 5.74) is 4.29. The number of hydrogen-bond donors (Lipinski definition) is 2. The molecule has 0 aliphatic rings. The van der Waals surface area contributed by atoms with E-state index in [1.54, 1.807) is 0 Å². The first-order chi connectivity index (χ1) is 9.43. The highest BCUT2D eigenvalue weighted by molar-refractivity contribution is 9.11. The molecule has 0 saturated carbocycles. The fourth-order valence-corrected chi connectivity index (χ4v) is 4.03. The Kier molecular flexibility index (Phi) is 7.76. The minimum absolute atomic E-state index is 0.155. The van der Waals surface area contributed by atoms with Crippen LogP contribution in [0.5, 0.6) is 0 Å². The molecular formula is C13H16Br3N3O. The van der Waals surface area contributed by atoms with Crippen LogP contribution in [0.4, 0.5) is 5.69 Å². The normalized spacial score (nSPS) is 11.3. The van der Waals surface area contributed by atoms with Crippen LogP contribution in [0.3, 0.4) is 0 Å². The molecule has 0 aliphatic carbocycles. The van der Waals surface area contributed by atoms with Crippen molar-refractivity contribution < 1.29 is 4.79 Å². The summed E-state index contributed by atoms with van der Waals surface area (Å²) in [4.78, 5) is 11.7. The lowest BCUT2D eigenvalue weighted by Gasteiger charge is -2.10. The molecule has 0 saturated heterocycles. The minimum atomic E-state index is -0.179. The van der Waals surface area contributed by atoms with Gasteiger partial charge in [-0.2, -0.15) is 5.10 Å². The Morgan fingerprint density at radius 2 is 1.85 bits per heavy atom. The third kappa shape index (κ3) is 5.93. The number of hydrazone groups is 1. The van der Waals surface area contributed by atoms with Crippen LogP contribution in [-0.2, 0) is 4.79 Å². The monoisotopic (exact) mass is 467 g/mol. The third-order valence-electron chi connectivity index (χ3n) is 2.42. The van der Waals surface area contributed by atoms with E-state index in [2.05, 4.69) is 70.6 Å². The zero-order chi connectivity index (χ0) is 15.1. The lowest BCUT2D eigenvalue weighted by Crippen LogP contribution is -2.26. The van der Waals surface area contributed by atoms with Gasteiger partial charge in [-0.1, -0.05) is 29.3 Å². The highest BCUT2D eigenvalue weighted by atomic mass is 79.9. The van der Waals surface area contributed by atoms with Crippen LogP contribution in [0, 0.1) is 0 Å². The van der Waals surface area contributed by atoms with E-state index in [-0.39, 0.29) is 12.5 Å². The average molecular weight is 470 g/mol. The van der Waals surface area contributed by atoms with E-state index in [9.17, 15) is 4.79 Å². The van der Waals surface area contributed by atoms with Crippen molar-refractivity contribution in [2.75, 3.05) is 11.9 Å². The number of rotatable bonds is 6. The molecule has 7 heteroatoms. The SMILES string of the molecule is CCC/C(C)=N/NC(=O)CNc1c(Br)cc(Br)cc1Br. The summed E-state index contributed by atoms with van der Waals surface area (Å²) in [5, 5.41) is 7.10. The zero-order valence-corrected chi connectivity index (χ0v) is 16.0. The molecule has 0 heterocycles. The molecule has 4 nitrogen and oxygen atoms in total. The van der Waals surface area contributed by atoms with Gasteiger partial charge in [-0.15, -0.1) is 0 Å². The molecule has 1 rings (SSSR count). The average Bonchev–Trinajstić information content (AvgIpc) is 2.35. The van der Waals surface area contributed by atoms with Crippen LogP contribution >= 0.6 is 47.8 Å². The van der Waals surface area contributed by atoms with Gasteiger partial charge in [-0.25, -0.2) is 5.43 Å². The van der Waals surface area contributed by atoms with E-state index < -0.39 is 0 Å². The van der Waals surface area contributed by atoms with E-state index in [0.717, 1.165) is 37.7 Å². The van der Waals surface area contributed by atoms with Crippen LogP contribution in [0.15, 0.2) is 30.7 Å². The number of nitrogens with zero attached hydrogens (tertiary/aromatic N) is 1. The van der Waals surface area contributed by atoms with Gasteiger partial charge in [0.05, 0.1) is 12.2 Å². The maximum Gasteiger partial charge on any atom is 0.259 e. The summed E-state index contributed by atoms with van der Waals surface area (Å²) in [7, 11) is 0. The Morgan fingerprint density at radius 1 is 1.25 bits per heavy atom. The molecule has 0 fully saturated rings. The second kappa shape index (κ2) is 8.79. The zero-order valence-electron chi connectivity index (χ0n) is 11.3. The predicted molar refractivity (Wildman–Crippen MR) is 94.2 cm³/mol. The molecule has 0 spiro atoms. The number of carbonyl (C=O) groups excluding carboxylic acids is 1. The van der Waals surface area contributed by atoms with Crippen LogP contribution in [-0.4, -0.2) is 18.2 Å². The van der Waals surface area contributed by atoms with Crippen LogP contribution < -0.4 is 10.7 Å². The smallest absolute Gasteiger partial charge is 0.259 e. The molecule has 0 unspecified atom stereocenters. The summed E-state index contributed by atoms with van der Waals surface area (Å²) in [6, 6.07) is 3.82. The van der Waals surface area contributed by atoms with Crippen molar-refractivity contribution in [3.05, 3.63) is 25.6 Å². The van der Waals surface area contributed by atoms with Crippen molar-refractivity contribution in [2.24, 2.45) is 5.10 Å². The fraction of sp³-hybridized carbons (Fsp3) is 0.385. The van der Waals surface area contributed by atoms with E-state index >= 15 is 0 Å². The summed E-state index contributed by atoms with van der Waals surface area (Å²) >= 11 is 10.3. The van der Waals surface area contributed by atoms with Gasteiger partial charge in [-0.05, 0) is 57.3 Å². The van der Waals surface area contributed by atoms with Crippen molar-refractivity contribution in [1.82, 2.24) is 5.43 Å². The van der Waals surface area contributed by atoms with Gasteiger partial charge in [0.1, 0.15) is 0 Å². The minimum Gasteiger partial charge on any atom is -0.374 e. The lowest BCUT2D eigenvalue weighted by atomic mass is 10.2. The molecule has 1 aromatic carbocycles. The quantitative estimate of drug-likeness (QED) is 0.469. The number of halogens is 3. The number of nitrogens with one attached hydrogen (secondary N) is 2. The Hall–Kier alpha value is -0.400. The third-order valence-corrected chi connectivity index (χ3v) is 4.12. The molecule has 20 heavy (non-hydrogen) atoms. The molecule has 0 atom stereocenters. The highest BCUT2D eigenvalue weighted by Gasteiger charge is 2.08. The van der Waals surface area contributed by atoms with Gasteiger partial charge in [0.15, 0.2) is 0 Å². The Balaban J connectivity index is 2.56. The summed E-state index contributed by atoms with van der Waals surface area (Å²) in [5.74, 6) is -0.179. The second-order valence-electron chi connectivity index (χ2n) is 4.23. The highest BCUT2D eigenvalue weighted by Crippen LogP contribution is 2.34. The molecule has 2 N–H and O–H groups in total. The van der Waals surface area contributed by atoms with Crippen molar-refractivity contribution in [3.8, 4) is 0 Å². The van der Waals surface area contributed by atoms with E-state index in [1.165, 1.54) is 0 Å². The molecule has 1 aromatic rings. The Bertz CT molecular complexity index is 495. The Labute approximate surface area is 144 Å². The lowest BCUT2D eigenvalue weighted by molar-refractivity contribution is -0.119. The summed E-state index contributed by atoms with van der Waals surface area (Å²) in [6.07, 6.45) is 1.90. The van der Waals surface area contributed by atoms with Gasteiger partial charge in [0.2, 0.25) is 0 Å². The molecule has 0 bridgehead atoms. The largest absolute Gasteiger partial charge is 0.374 e. The molecule has 0 radical (unpaired) electrons. The van der Waals surface area contributed by atoms with Crippen molar-refractivity contribution in [2.45, 2.75) is 26.7 Å². The fourth-order valence-electron chi connectivity index (χ4n) is 1.49. The molecular weight excluding hydrogens is 454 g/mol. The van der Waals surface area contributed by atoms with Gasteiger partial charge < -0.3 is 5.32 Å². The molecule has 0 aromatic heterocycles. The number of anilines is 1. The number of benzene rings is 1. The predicted octanol–water partition coefficient (Wildman–Crippen LogP) is 4.68. The first-order valence-electron chi connectivity index (χ1n) is 6.14.